The largest absolute Gasteiger partial charge is 0.287 e. The van der Waals surface area contributed by atoms with Gasteiger partial charge in [-0.25, -0.2) is 9.48 Å². The Kier molecular flexibility index (Phi) is 6.82. The molecule has 0 aromatic rings. The number of rotatable bonds is 7. The predicted molar refractivity (Wildman–Crippen MR) is 142 cm³/mol. The van der Waals surface area contributed by atoms with Crippen molar-refractivity contribution in [1.29, 1.82) is 0 Å². The highest BCUT2D eigenvalue weighted by atomic mass is 15.6. The van der Waals surface area contributed by atoms with E-state index in [0.29, 0.717) is 23.9 Å². The maximum atomic E-state index is 4.77. The molecule has 3 fully saturated rings. The maximum Gasteiger partial charge on any atom is 0.276 e. The fraction of sp³-hybridized carbons (Fsp3) is 0.733. The first kappa shape index (κ1) is 24.5. The molecule has 33 heavy (non-hydrogen) atoms. The van der Waals surface area contributed by atoms with Crippen molar-refractivity contribution in [3.8, 4) is 0 Å². The third-order valence-electron chi connectivity index (χ3n) is 8.82. The van der Waals surface area contributed by atoms with E-state index in [9.17, 15) is 0 Å². The van der Waals surface area contributed by atoms with Gasteiger partial charge >= 0.3 is 0 Å². The smallest absolute Gasteiger partial charge is 0.276 e. The predicted octanol–water partition coefficient (Wildman–Crippen LogP) is 7.14. The van der Waals surface area contributed by atoms with Gasteiger partial charge in [0.15, 0.2) is 0 Å². The standard InChI is InChI=1S/C30H48N3/c1-21(2)28-32(24-15-11-9-12-16-24)30(33(28)25-17-13-10-14-18-25)26(27(30)31-8)22(3)19-20-23(4)29(5,6)7/h19-21,24-27H,3-4,8-18H2,1-2,5-7H3/q+1/b20-19-. The first-order valence-electron chi connectivity index (χ1n) is 13.6. The molecule has 0 aromatic carbocycles. The Morgan fingerprint density at radius 2 is 1.58 bits per heavy atom. The summed E-state index contributed by atoms with van der Waals surface area (Å²) in [6, 6.07) is 1.50. The third kappa shape index (κ3) is 4.08. The molecular weight excluding hydrogens is 402 g/mol. The molecule has 4 rings (SSSR count). The van der Waals surface area contributed by atoms with Crippen molar-refractivity contribution in [2.75, 3.05) is 0 Å². The molecule has 3 nitrogen and oxygen atoms in total. The lowest BCUT2D eigenvalue weighted by molar-refractivity contribution is -0.686. The van der Waals surface area contributed by atoms with E-state index >= 15 is 0 Å². The highest BCUT2D eigenvalue weighted by molar-refractivity contribution is 5.85. The molecular formula is C30H48N3+. The van der Waals surface area contributed by atoms with Crippen LogP contribution >= 0.6 is 0 Å². The molecule has 3 heteroatoms. The molecule has 3 saturated carbocycles. The van der Waals surface area contributed by atoms with Crippen LogP contribution < -0.4 is 0 Å². The van der Waals surface area contributed by atoms with Crippen molar-refractivity contribution < 1.29 is 4.58 Å². The van der Waals surface area contributed by atoms with Crippen LogP contribution in [0.1, 0.15) is 98.8 Å². The van der Waals surface area contributed by atoms with Crippen molar-refractivity contribution in [2.45, 2.75) is 123 Å². The fourth-order valence-electron chi connectivity index (χ4n) is 6.95. The van der Waals surface area contributed by atoms with Crippen LogP contribution in [0.2, 0.25) is 0 Å². The van der Waals surface area contributed by atoms with E-state index < -0.39 is 0 Å². The summed E-state index contributed by atoms with van der Waals surface area (Å²) in [5, 5.41) is 0. The van der Waals surface area contributed by atoms with Gasteiger partial charge in [0, 0.05) is 0 Å². The molecule has 3 atom stereocenters. The zero-order valence-electron chi connectivity index (χ0n) is 22.1. The minimum absolute atomic E-state index is 0.0319. The lowest BCUT2D eigenvalue weighted by atomic mass is 9.86. The topological polar surface area (TPSA) is 18.6 Å². The molecule has 0 radical (unpaired) electrons. The van der Waals surface area contributed by atoms with Gasteiger partial charge < -0.3 is 0 Å². The van der Waals surface area contributed by atoms with Gasteiger partial charge in [-0.1, -0.05) is 72.8 Å². The van der Waals surface area contributed by atoms with Crippen LogP contribution in [0, 0.1) is 17.3 Å². The van der Waals surface area contributed by atoms with E-state index in [-0.39, 0.29) is 17.1 Å². The Labute approximate surface area is 203 Å². The zero-order valence-corrected chi connectivity index (χ0v) is 22.1. The average Bonchev–Trinajstić information content (AvgIpc) is 3.48. The number of amidine groups is 1. The highest BCUT2D eigenvalue weighted by Gasteiger charge is 2.86. The molecule has 0 saturated heterocycles. The summed E-state index contributed by atoms with van der Waals surface area (Å²) in [5.41, 5.74) is 2.39. The molecule has 3 aliphatic carbocycles. The van der Waals surface area contributed by atoms with Gasteiger partial charge in [0.05, 0.1) is 5.92 Å². The quantitative estimate of drug-likeness (QED) is 0.229. The minimum Gasteiger partial charge on any atom is -0.287 e. The van der Waals surface area contributed by atoms with E-state index in [0.717, 1.165) is 5.57 Å². The zero-order chi connectivity index (χ0) is 24.0. The molecule has 1 spiro atoms. The van der Waals surface area contributed by atoms with Crippen molar-refractivity contribution in [3.63, 3.8) is 0 Å². The lowest BCUT2D eigenvalue weighted by Gasteiger charge is -2.49. The summed E-state index contributed by atoms with van der Waals surface area (Å²) in [6.45, 7) is 24.5. The molecule has 182 valence electrons. The number of nitrogens with zero attached hydrogens (tertiary/aromatic N) is 3. The second-order valence-electron chi connectivity index (χ2n) is 12.4. The molecule has 4 aliphatic rings. The third-order valence-corrected chi connectivity index (χ3v) is 8.82. The number of allylic oxidation sites excluding steroid dienone is 3. The van der Waals surface area contributed by atoms with Gasteiger partial charge in [-0.2, -0.15) is 0 Å². The van der Waals surface area contributed by atoms with Crippen LogP contribution in [0.3, 0.4) is 0 Å². The second-order valence-corrected chi connectivity index (χ2v) is 12.4. The SMILES string of the molecule is C=NC1C(C(=C)/C=C\C(=C)C(C)(C)C)C12N(C1CCCCC1)C(C(C)C)=[N+]2C1CCCCC1. The van der Waals surface area contributed by atoms with E-state index in [1.54, 1.807) is 5.84 Å². The van der Waals surface area contributed by atoms with Gasteiger partial charge in [-0.15, -0.1) is 0 Å². The van der Waals surface area contributed by atoms with Gasteiger partial charge in [-0.05, 0) is 74.6 Å². The van der Waals surface area contributed by atoms with Crippen LogP contribution in [-0.2, 0) is 0 Å². The normalized spacial score (nSPS) is 31.4. The van der Waals surface area contributed by atoms with Crippen LogP contribution in [0.25, 0.3) is 0 Å². The Hall–Kier alpha value is -1.64. The van der Waals surface area contributed by atoms with Crippen molar-refractivity contribution in [3.05, 3.63) is 36.5 Å². The van der Waals surface area contributed by atoms with Crippen molar-refractivity contribution in [2.24, 2.45) is 22.2 Å². The minimum atomic E-state index is -0.0319. The lowest BCUT2D eigenvalue weighted by Crippen LogP contribution is -2.72. The monoisotopic (exact) mass is 450 g/mol. The molecule has 0 N–H and O–H groups in total. The van der Waals surface area contributed by atoms with E-state index in [1.807, 2.05) is 0 Å². The van der Waals surface area contributed by atoms with Gasteiger partial charge in [0.1, 0.15) is 24.0 Å². The highest BCUT2D eigenvalue weighted by Crippen LogP contribution is 2.62. The van der Waals surface area contributed by atoms with Gasteiger partial charge in [0.25, 0.3) is 11.5 Å². The van der Waals surface area contributed by atoms with Crippen molar-refractivity contribution >= 4 is 12.6 Å². The molecule has 3 unspecified atom stereocenters. The number of aliphatic imine (C=N–C) groups is 1. The molecule has 0 bridgehead atoms. The first-order chi connectivity index (χ1) is 15.7. The second kappa shape index (κ2) is 9.19. The van der Waals surface area contributed by atoms with E-state index in [1.165, 1.54) is 69.8 Å². The Bertz CT molecular complexity index is 842. The Balaban J connectivity index is 1.73. The number of hydrogen-bond donors (Lipinski definition) is 0. The Morgan fingerprint density at radius 3 is 2.09 bits per heavy atom. The first-order valence-corrected chi connectivity index (χ1v) is 13.6. The summed E-state index contributed by atoms with van der Waals surface area (Å²) in [4.78, 5) is 7.63. The summed E-state index contributed by atoms with van der Waals surface area (Å²) < 4.78 is 2.85. The summed E-state index contributed by atoms with van der Waals surface area (Å²) >= 11 is 0. The molecule has 1 aliphatic heterocycles. The van der Waals surface area contributed by atoms with E-state index in [4.69, 9.17) is 4.99 Å². The van der Waals surface area contributed by atoms with Crippen LogP contribution in [0.15, 0.2) is 41.4 Å². The van der Waals surface area contributed by atoms with E-state index in [2.05, 4.69) is 76.1 Å². The Morgan fingerprint density at radius 1 is 1.00 bits per heavy atom. The van der Waals surface area contributed by atoms with Gasteiger partial charge in [0.2, 0.25) is 0 Å². The summed E-state index contributed by atoms with van der Waals surface area (Å²) in [6.07, 6.45) is 17.9. The summed E-state index contributed by atoms with van der Waals surface area (Å²) in [7, 11) is 0. The van der Waals surface area contributed by atoms with Crippen molar-refractivity contribution in [1.82, 2.24) is 4.90 Å². The average molecular weight is 451 g/mol. The summed E-state index contributed by atoms with van der Waals surface area (Å²) in [5.74, 6) is 2.45. The maximum absolute atomic E-state index is 4.77. The molecule has 0 aromatic heterocycles. The van der Waals surface area contributed by atoms with Crippen LogP contribution in [0.4, 0.5) is 0 Å². The van der Waals surface area contributed by atoms with Crippen LogP contribution in [-0.4, -0.2) is 45.8 Å². The fourth-order valence-corrected chi connectivity index (χ4v) is 6.95. The molecule has 1 heterocycles. The van der Waals surface area contributed by atoms with Gasteiger partial charge in [-0.3, -0.25) is 4.99 Å². The van der Waals surface area contributed by atoms with Crippen LogP contribution in [0.5, 0.6) is 0 Å². The number of hydrogen-bond acceptors (Lipinski definition) is 2. The molecule has 0 amide bonds.